The Morgan fingerprint density at radius 1 is 1.06 bits per heavy atom. The Kier molecular flexibility index (Phi) is 4.55. The van der Waals surface area contributed by atoms with Gasteiger partial charge in [0.2, 0.25) is 0 Å². The first-order valence-corrected chi connectivity index (χ1v) is 12.0. The number of aryl methyl sites for hydroxylation is 2. The predicted molar refractivity (Wildman–Crippen MR) is 120 cm³/mol. The summed E-state index contributed by atoms with van der Waals surface area (Å²) in [6, 6.07) is 4.13. The third-order valence-corrected chi connectivity index (χ3v) is 7.22. The summed E-state index contributed by atoms with van der Waals surface area (Å²) in [5.74, 6) is 0.420. The Bertz CT molecular complexity index is 1410. The molecular weight excluding hydrogens is 438 g/mol. The van der Waals surface area contributed by atoms with Crippen molar-refractivity contribution in [1.29, 1.82) is 0 Å². The minimum absolute atomic E-state index is 0.0576. The van der Waals surface area contributed by atoms with E-state index < -0.39 is 11.6 Å². The number of fused-ring (bicyclic) bond motifs is 3. The molecule has 5 heterocycles. The summed E-state index contributed by atoms with van der Waals surface area (Å²) < 4.78 is 38.7. The third-order valence-electron chi connectivity index (χ3n) is 7.22. The average Bonchev–Trinajstić information content (AvgIpc) is 3.24. The fourth-order valence-electron chi connectivity index (χ4n) is 5.26. The van der Waals surface area contributed by atoms with E-state index in [1.807, 2.05) is 10.9 Å². The molecule has 9 heteroatoms. The molecule has 2 fully saturated rings. The van der Waals surface area contributed by atoms with Crippen LogP contribution < -0.4 is 0 Å². The van der Waals surface area contributed by atoms with Gasteiger partial charge in [0.05, 0.1) is 18.3 Å². The molecule has 0 radical (unpaired) electrons. The lowest BCUT2D eigenvalue weighted by Gasteiger charge is -2.28. The number of ether oxygens (including phenoxy) is 1. The van der Waals surface area contributed by atoms with E-state index in [0.29, 0.717) is 29.7 Å². The van der Waals surface area contributed by atoms with Crippen LogP contribution in [0.25, 0.3) is 22.4 Å². The molecule has 3 aliphatic rings. The molecule has 1 saturated heterocycles. The van der Waals surface area contributed by atoms with Crippen molar-refractivity contribution < 1.29 is 13.5 Å². The van der Waals surface area contributed by atoms with Crippen molar-refractivity contribution in [2.45, 2.75) is 63.1 Å². The van der Waals surface area contributed by atoms with Crippen LogP contribution in [0.5, 0.6) is 0 Å². The smallest absolute Gasteiger partial charge is 0.164 e. The van der Waals surface area contributed by atoms with Gasteiger partial charge in [-0.15, -0.1) is 0 Å². The summed E-state index contributed by atoms with van der Waals surface area (Å²) in [5, 5.41) is 4.52. The summed E-state index contributed by atoms with van der Waals surface area (Å²) in [6.07, 6.45) is 9.68. The SMILES string of the molecule is Fc1ccc(-c2nc([C@@H]3CCO[C@@H](c4cnn(C5CC5)c4)C3)nc3c2nc2n3CCC2)c(F)c1. The fourth-order valence-corrected chi connectivity index (χ4v) is 5.26. The minimum Gasteiger partial charge on any atom is -0.373 e. The molecule has 2 atom stereocenters. The van der Waals surface area contributed by atoms with Crippen molar-refractivity contribution in [3.05, 3.63) is 59.4 Å². The average molecular weight is 463 g/mol. The molecule has 7 rings (SSSR count). The molecule has 1 aliphatic carbocycles. The first kappa shape index (κ1) is 20.2. The van der Waals surface area contributed by atoms with Crippen molar-refractivity contribution in [3.8, 4) is 11.3 Å². The molecule has 0 unspecified atom stereocenters. The molecule has 1 aromatic carbocycles. The standard InChI is InChI=1S/C25H24F2N6O/c26-16-3-6-18(19(27)11-16)22-23-25(32-8-1-2-21(32)29-23)31-24(30-22)14-7-9-34-20(10-14)15-12-28-33(13-15)17-4-5-17/h3,6,11-14,17,20H,1-2,4-5,7-10H2/t14-,20-/m1/s1. The molecule has 0 spiro atoms. The summed E-state index contributed by atoms with van der Waals surface area (Å²) in [6.45, 7) is 1.43. The number of rotatable bonds is 4. The number of imidazole rings is 1. The quantitative estimate of drug-likeness (QED) is 0.432. The molecule has 1 saturated carbocycles. The zero-order valence-corrected chi connectivity index (χ0v) is 18.6. The van der Waals surface area contributed by atoms with Crippen molar-refractivity contribution in [3.63, 3.8) is 0 Å². The Labute approximate surface area is 194 Å². The zero-order chi connectivity index (χ0) is 22.8. The molecule has 34 heavy (non-hydrogen) atoms. The van der Waals surface area contributed by atoms with E-state index in [2.05, 4.69) is 15.9 Å². The molecule has 2 aliphatic heterocycles. The van der Waals surface area contributed by atoms with Gasteiger partial charge < -0.3 is 9.30 Å². The molecule has 0 amide bonds. The highest BCUT2D eigenvalue weighted by Gasteiger charge is 2.32. The third kappa shape index (κ3) is 3.33. The van der Waals surface area contributed by atoms with Gasteiger partial charge in [0, 0.05) is 48.9 Å². The number of benzene rings is 1. The monoisotopic (exact) mass is 462 g/mol. The summed E-state index contributed by atoms with van der Waals surface area (Å²) in [4.78, 5) is 14.5. The summed E-state index contributed by atoms with van der Waals surface area (Å²) in [7, 11) is 0. The van der Waals surface area contributed by atoms with Gasteiger partial charge in [-0.3, -0.25) is 4.68 Å². The molecule has 4 aromatic rings. The lowest BCUT2D eigenvalue weighted by Crippen LogP contribution is -2.20. The predicted octanol–water partition coefficient (Wildman–Crippen LogP) is 4.88. The van der Waals surface area contributed by atoms with Crippen LogP contribution in [0, 0.1) is 11.6 Å². The van der Waals surface area contributed by atoms with Crippen molar-refractivity contribution in [2.24, 2.45) is 0 Å². The van der Waals surface area contributed by atoms with Crippen molar-refractivity contribution in [2.75, 3.05) is 6.61 Å². The Morgan fingerprint density at radius 2 is 1.97 bits per heavy atom. The van der Waals surface area contributed by atoms with Gasteiger partial charge in [-0.25, -0.2) is 23.7 Å². The zero-order valence-electron chi connectivity index (χ0n) is 18.6. The highest BCUT2D eigenvalue weighted by molar-refractivity contribution is 5.88. The Balaban J connectivity index is 1.30. The van der Waals surface area contributed by atoms with E-state index in [9.17, 15) is 8.78 Å². The lowest BCUT2D eigenvalue weighted by molar-refractivity contribution is 0.00396. The van der Waals surface area contributed by atoms with E-state index in [1.165, 1.54) is 25.0 Å². The van der Waals surface area contributed by atoms with Crippen molar-refractivity contribution >= 4 is 11.2 Å². The van der Waals surface area contributed by atoms with Crippen LogP contribution in [0.3, 0.4) is 0 Å². The van der Waals surface area contributed by atoms with Crippen LogP contribution in [-0.2, 0) is 17.7 Å². The van der Waals surface area contributed by atoms with E-state index in [0.717, 1.165) is 55.3 Å². The van der Waals surface area contributed by atoms with Crippen LogP contribution in [-0.4, -0.2) is 35.9 Å². The van der Waals surface area contributed by atoms with Gasteiger partial charge in [-0.05, 0) is 44.2 Å². The topological polar surface area (TPSA) is 70.7 Å². The highest BCUT2D eigenvalue weighted by atomic mass is 19.1. The second-order valence-electron chi connectivity index (χ2n) is 9.58. The van der Waals surface area contributed by atoms with Gasteiger partial charge in [0.25, 0.3) is 0 Å². The van der Waals surface area contributed by atoms with E-state index in [1.54, 1.807) is 0 Å². The van der Waals surface area contributed by atoms with E-state index in [-0.39, 0.29) is 17.6 Å². The largest absolute Gasteiger partial charge is 0.373 e. The molecule has 0 N–H and O–H groups in total. The normalized spacial score (nSPS) is 22.4. The number of hydrogen-bond acceptors (Lipinski definition) is 5. The van der Waals surface area contributed by atoms with Gasteiger partial charge in [-0.2, -0.15) is 5.10 Å². The van der Waals surface area contributed by atoms with Gasteiger partial charge in [0.15, 0.2) is 5.65 Å². The second-order valence-corrected chi connectivity index (χ2v) is 9.58. The maximum atomic E-state index is 14.8. The van der Waals surface area contributed by atoms with Gasteiger partial charge in [0.1, 0.15) is 34.5 Å². The first-order chi connectivity index (χ1) is 16.6. The second kappa shape index (κ2) is 7.66. The number of halogens is 2. The van der Waals surface area contributed by atoms with Gasteiger partial charge >= 0.3 is 0 Å². The minimum atomic E-state index is -0.642. The summed E-state index contributed by atoms with van der Waals surface area (Å²) >= 11 is 0. The Morgan fingerprint density at radius 3 is 2.82 bits per heavy atom. The van der Waals surface area contributed by atoms with Crippen molar-refractivity contribution in [1.82, 2.24) is 29.3 Å². The van der Waals surface area contributed by atoms with Crippen LogP contribution in [0.1, 0.15) is 67.4 Å². The first-order valence-electron chi connectivity index (χ1n) is 12.0. The van der Waals surface area contributed by atoms with Crippen LogP contribution >= 0.6 is 0 Å². The molecule has 174 valence electrons. The van der Waals surface area contributed by atoms with Crippen LogP contribution in [0.4, 0.5) is 8.78 Å². The molecular formula is C25H24F2N6O. The maximum Gasteiger partial charge on any atom is 0.164 e. The number of aromatic nitrogens is 6. The molecule has 7 nitrogen and oxygen atoms in total. The number of nitrogens with zero attached hydrogens (tertiary/aromatic N) is 6. The van der Waals surface area contributed by atoms with E-state index in [4.69, 9.17) is 19.7 Å². The molecule has 0 bridgehead atoms. The lowest BCUT2D eigenvalue weighted by atomic mass is 9.92. The summed E-state index contributed by atoms with van der Waals surface area (Å²) in [5.41, 5.74) is 3.08. The number of hydrogen-bond donors (Lipinski definition) is 0. The fraction of sp³-hybridized carbons (Fsp3) is 0.440. The van der Waals surface area contributed by atoms with Crippen LogP contribution in [0.2, 0.25) is 0 Å². The van der Waals surface area contributed by atoms with E-state index >= 15 is 0 Å². The maximum absolute atomic E-state index is 14.8. The Hall–Kier alpha value is -3.20. The molecule has 3 aromatic heterocycles. The highest BCUT2D eigenvalue weighted by Crippen LogP contribution is 2.40. The van der Waals surface area contributed by atoms with Crippen LogP contribution in [0.15, 0.2) is 30.6 Å². The van der Waals surface area contributed by atoms with Gasteiger partial charge in [-0.1, -0.05) is 0 Å².